The highest BCUT2D eigenvalue weighted by Gasteiger charge is 2.33. The third kappa shape index (κ3) is 5.98. The van der Waals surface area contributed by atoms with Gasteiger partial charge in [0.05, 0.1) is 10.6 Å². The number of aromatic nitrogens is 2. The maximum atomic E-state index is 12.8. The van der Waals surface area contributed by atoms with E-state index >= 15 is 0 Å². The number of ketones is 1. The molecule has 0 unspecified atom stereocenters. The number of amides is 2. The van der Waals surface area contributed by atoms with E-state index in [1.54, 1.807) is 54.7 Å². The molecule has 0 aliphatic carbocycles. The summed E-state index contributed by atoms with van der Waals surface area (Å²) in [7, 11) is 0. The molecule has 4 rings (SSSR count). The second-order valence-electron chi connectivity index (χ2n) is 7.19. The van der Waals surface area contributed by atoms with Gasteiger partial charge in [0, 0.05) is 29.3 Å². The van der Waals surface area contributed by atoms with Crippen molar-refractivity contribution in [1.29, 1.82) is 0 Å². The Hall–Kier alpha value is -4.31. The predicted molar refractivity (Wildman–Crippen MR) is 124 cm³/mol. The van der Waals surface area contributed by atoms with Crippen molar-refractivity contribution in [2.75, 3.05) is 10.6 Å². The number of carbonyl (C=O) groups excluding carboxylic acids is 2. The lowest BCUT2D eigenvalue weighted by Gasteiger charge is -2.12. The summed E-state index contributed by atoms with van der Waals surface area (Å²) in [5.41, 5.74) is -0.00616. The highest BCUT2D eigenvalue weighted by atomic mass is 35.5. The molecule has 0 saturated carbocycles. The molecular weight excluding hydrogens is 485 g/mol. The van der Waals surface area contributed by atoms with E-state index in [1.165, 1.54) is 6.20 Å². The van der Waals surface area contributed by atoms with Crippen LogP contribution in [-0.2, 0) is 6.18 Å². The number of imidazole rings is 1. The number of H-pyrrole nitrogens is 1. The average molecular weight is 501 g/mol. The first-order chi connectivity index (χ1) is 16.7. The van der Waals surface area contributed by atoms with E-state index in [0.717, 1.165) is 18.2 Å². The minimum Gasteiger partial charge on any atom is -0.457 e. The molecule has 1 aromatic heterocycles. The number of rotatable bonds is 6. The second-order valence-corrected chi connectivity index (χ2v) is 7.60. The highest BCUT2D eigenvalue weighted by Crippen LogP contribution is 2.35. The van der Waals surface area contributed by atoms with E-state index < -0.39 is 22.8 Å². The molecular formula is C24H16ClF3N4O3. The molecule has 0 atom stereocenters. The Labute approximate surface area is 201 Å². The van der Waals surface area contributed by atoms with E-state index in [0.29, 0.717) is 22.7 Å². The summed E-state index contributed by atoms with van der Waals surface area (Å²) < 4.78 is 44.1. The fourth-order valence-corrected chi connectivity index (χ4v) is 3.35. The Kier molecular flexibility index (Phi) is 6.74. The highest BCUT2D eigenvalue weighted by molar-refractivity contribution is 6.31. The lowest BCUT2D eigenvalue weighted by Crippen LogP contribution is -2.19. The van der Waals surface area contributed by atoms with Crippen LogP contribution in [0.15, 0.2) is 79.1 Å². The van der Waals surface area contributed by atoms with Crippen LogP contribution in [0.1, 0.15) is 21.7 Å². The van der Waals surface area contributed by atoms with Crippen molar-refractivity contribution < 1.29 is 27.5 Å². The van der Waals surface area contributed by atoms with Gasteiger partial charge in [-0.05, 0) is 66.7 Å². The first-order valence-electron chi connectivity index (χ1n) is 10.1. The van der Waals surface area contributed by atoms with Crippen LogP contribution in [0.3, 0.4) is 0 Å². The summed E-state index contributed by atoms with van der Waals surface area (Å²) in [5, 5.41) is 4.46. The monoisotopic (exact) mass is 500 g/mol. The molecule has 0 radical (unpaired) electrons. The number of nitrogens with zero attached hydrogens (tertiary/aromatic N) is 1. The van der Waals surface area contributed by atoms with E-state index in [-0.39, 0.29) is 17.3 Å². The van der Waals surface area contributed by atoms with Crippen molar-refractivity contribution >= 4 is 34.8 Å². The molecule has 178 valence electrons. The largest absolute Gasteiger partial charge is 0.457 e. The number of nitrogens with one attached hydrogen (secondary N) is 3. The number of halogens is 4. The fourth-order valence-electron chi connectivity index (χ4n) is 3.06. The van der Waals surface area contributed by atoms with E-state index in [1.807, 2.05) is 0 Å². The lowest BCUT2D eigenvalue weighted by molar-refractivity contribution is -0.137. The molecule has 4 aromatic rings. The molecule has 3 aromatic carbocycles. The average Bonchev–Trinajstić information content (AvgIpc) is 3.35. The van der Waals surface area contributed by atoms with Crippen LogP contribution in [0.4, 0.5) is 29.3 Å². The van der Waals surface area contributed by atoms with Gasteiger partial charge in [0.25, 0.3) is 0 Å². The summed E-state index contributed by atoms with van der Waals surface area (Å²) in [6.45, 7) is 0. The van der Waals surface area contributed by atoms with Crippen molar-refractivity contribution in [1.82, 2.24) is 9.97 Å². The summed E-state index contributed by atoms with van der Waals surface area (Å²) in [5.74, 6) is 0.982. The zero-order chi connectivity index (χ0) is 25.0. The molecule has 7 nitrogen and oxygen atoms in total. The van der Waals surface area contributed by atoms with Crippen LogP contribution in [0.5, 0.6) is 11.5 Å². The molecule has 0 aliphatic rings. The standard InChI is InChI=1S/C24H16ClF3N4O3/c25-20-13-16(5-10-19(20)24(26,27)28)32-23(34)31-15-3-8-18(9-4-15)35-17-6-1-14(2-7-17)21(33)22-29-11-12-30-22/h1-13H,(H,29,30)(H2,31,32,34). The van der Waals surface area contributed by atoms with Gasteiger partial charge in [0.1, 0.15) is 11.5 Å². The number of hydrogen-bond donors (Lipinski definition) is 3. The Morgan fingerprint density at radius 1 is 0.886 bits per heavy atom. The van der Waals surface area contributed by atoms with Crippen LogP contribution in [-0.4, -0.2) is 21.8 Å². The zero-order valence-electron chi connectivity index (χ0n) is 17.7. The quantitative estimate of drug-likeness (QED) is 0.255. The maximum absolute atomic E-state index is 12.8. The van der Waals surface area contributed by atoms with Gasteiger partial charge in [-0.1, -0.05) is 11.6 Å². The maximum Gasteiger partial charge on any atom is 0.417 e. The Bertz CT molecular complexity index is 1340. The predicted octanol–water partition coefficient (Wildman–Crippen LogP) is 6.75. The minimum atomic E-state index is -4.58. The van der Waals surface area contributed by atoms with Gasteiger partial charge in [0.15, 0.2) is 5.82 Å². The van der Waals surface area contributed by atoms with Gasteiger partial charge in [-0.2, -0.15) is 13.2 Å². The third-order valence-corrected chi connectivity index (χ3v) is 5.02. The molecule has 0 fully saturated rings. The topological polar surface area (TPSA) is 96.1 Å². The van der Waals surface area contributed by atoms with Crippen molar-refractivity contribution in [3.8, 4) is 11.5 Å². The van der Waals surface area contributed by atoms with Crippen molar-refractivity contribution in [3.05, 3.63) is 101 Å². The molecule has 0 saturated heterocycles. The van der Waals surface area contributed by atoms with Crippen LogP contribution >= 0.6 is 11.6 Å². The molecule has 0 bridgehead atoms. The van der Waals surface area contributed by atoms with Gasteiger partial charge >= 0.3 is 12.2 Å². The van der Waals surface area contributed by atoms with Crippen LogP contribution in [0, 0.1) is 0 Å². The van der Waals surface area contributed by atoms with Crippen LogP contribution in [0.25, 0.3) is 0 Å². The SMILES string of the molecule is O=C(Nc1ccc(Oc2ccc(C(=O)c3ncc[nH]3)cc2)cc1)Nc1ccc(C(F)(F)F)c(Cl)c1. The number of aromatic amines is 1. The number of anilines is 2. The van der Waals surface area contributed by atoms with Gasteiger partial charge in [0.2, 0.25) is 5.78 Å². The third-order valence-electron chi connectivity index (χ3n) is 4.71. The van der Waals surface area contributed by atoms with Crippen LogP contribution < -0.4 is 15.4 Å². The normalized spacial score (nSPS) is 11.1. The Morgan fingerprint density at radius 2 is 1.49 bits per heavy atom. The van der Waals surface area contributed by atoms with Crippen LogP contribution in [0.2, 0.25) is 5.02 Å². The summed E-state index contributed by atoms with van der Waals surface area (Å²) in [6, 6.07) is 15.2. The molecule has 11 heteroatoms. The van der Waals surface area contributed by atoms with Gasteiger partial charge < -0.3 is 20.4 Å². The number of hydrogen-bond acceptors (Lipinski definition) is 4. The van der Waals surface area contributed by atoms with Gasteiger partial charge in [-0.25, -0.2) is 9.78 Å². The number of carbonyl (C=O) groups is 2. The molecule has 3 N–H and O–H groups in total. The van der Waals surface area contributed by atoms with E-state index in [2.05, 4.69) is 20.6 Å². The molecule has 35 heavy (non-hydrogen) atoms. The Balaban J connectivity index is 1.33. The summed E-state index contributed by atoms with van der Waals surface area (Å²) >= 11 is 5.66. The first-order valence-corrected chi connectivity index (χ1v) is 10.4. The zero-order valence-corrected chi connectivity index (χ0v) is 18.4. The molecule has 2 amide bonds. The smallest absolute Gasteiger partial charge is 0.417 e. The second kappa shape index (κ2) is 9.90. The number of ether oxygens (including phenoxy) is 1. The van der Waals surface area contributed by atoms with E-state index in [4.69, 9.17) is 16.3 Å². The van der Waals surface area contributed by atoms with Gasteiger partial charge in [-0.3, -0.25) is 4.79 Å². The van der Waals surface area contributed by atoms with Crippen molar-refractivity contribution in [2.45, 2.75) is 6.18 Å². The van der Waals surface area contributed by atoms with E-state index in [9.17, 15) is 22.8 Å². The Morgan fingerprint density at radius 3 is 2.06 bits per heavy atom. The van der Waals surface area contributed by atoms with Gasteiger partial charge in [-0.15, -0.1) is 0 Å². The lowest BCUT2D eigenvalue weighted by atomic mass is 10.1. The minimum absolute atomic E-state index is 0.106. The molecule has 0 spiro atoms. The first kappa shape index (κ1) is 23.8. The fraction of sp³-hybridized carbons (Fsp3) is 0.0417. The van der Waals surface area contributed by atoms with Crippen molar-refractivity contribution in [3.63, 3.8) is 0 Å². The molecule has 1 heterocycles. The summed E-state index contributed by atoms with van der Waals surface area (Å²) in [4.78, 5) is 31.1. The number of alkyl halides is 3. The molecule has 0 aliphatic heterocycles. The number of benzene rings is 3. The van der Waals surface area contributed by atoms with Crippen molar-refractivity contribution in [2.24, 2.45) is 0 Å². The number of urea groups is 1. The summed E-state index contributed by atoms with van der Waals surface area (Å²) in [6.07, 6.45) is -1.52.